The molecule has 0 spiro atoms. The van der Waals surface area contributed by atoms with E-state index in [4.69, 9.17) is 15.2 Å². The summed E-state index contributed by atoms with van der Waals surface area (Å²) in [6.07, 6.45) is 4.47. The van der Waals surface area contributed by atoms with Crippen LogP contribution in [0.3, 0.4) is 0 Å². The van der Waals surface area contributed by atoms with Gasteiger partial charge in [-0.05, 0) is 56.2 Å². The Hall–Kier alpha value is -3.48. The van der Waals surface area contributed by atoms with Gasteiger partial charge in [0, 0.05) is 25.0 Å². The monoisotopic (exact) mass is 393 g/mol. The molecule has 0 aliphatic rings. The summed E-state index contributed by atoms with van der Waals surface area (Å²) < 4.78 is 13.0. The number of nitrogens with zero attached hydrogens (tertiary/aromatic N) is 3. The molecule has 0 fully saturated rings. The van der Waals surface area contributed by atoms with Crippen molar-refractivity contribution in [2.45, 2.75) is 20.3 Å². The number of nitrogens with two attached hydrogens (primary N) is 1. The molecule has 0 unspecified atom stereocenters. The molecule has 152 valence electrons. The summed E-state index contributed by atoms with van der Waals surface area (Å²) in [7, 11) is 0. The Balaban J connectivity index is 1.59. The molecule has 0 saturated carbocycles. The highest BCUT2D eigenvalue weighted by Crippen LogP contribution is 2.29. The molecule has 3 rings (SSSR count). The quantitative estimate of drug-likeness (QED) is 0.428. The molecule has 0 aliphatic carbocycles. The van der Waals surface area contributed by atoms with Crippen LogP contribution in [0.5, 0.6) is 11.5 Å². The zero-order valence-corrected chi connectivity index (χ0v) is 16.8. The minimum Gasteiger partial charge on any atom is -0.494 e. The number of guanidine groups is 1. The molecule has 0 radical (unpaired) electrons. The van der Waals surface area contributed by atoms with Crippen LogP contribution in [0.4, 0.5) is 5.69 Å². The molecule has 1 heterocycles. The standard InChI is InChI=1S/C22H27N5O2/c1-3-28-19-10-11-21(29-4-2)20(16-19)26-22(23)24-14-12-17-6-8-18(9-7-17)27-15-5-13-25-27/h5-11,13,15-16H,3-4,12,14H2,1-2H3,(H3,23,24,26). The molecule has 7 heteroatoms. The van der Waals surface area contributed by atoms with Gasteiger partial charge in [-0.15, -0.1) is 0 Å². The highest BCUT2D eigenvalue weighted by atomic mass is 16.5. The maximum Gasteiger partial charge on any atom is 0.193 e. The summed E-state index contributed by atoms with van der Waals surface area (Å²) in [6.45, 7) is 5.62. The van der Waals surface area contributed by atoms with Crippen LogP contribution in [0, 0.1) is 0 Å². The summed E-state index contributed by atoms with van der Waals surface area (Å²) in [5, 5.41) is 7.35. The highest BCUT2D eigenvalue weighted by Gasteiger charge is 2.07. The van der Waals surface area contributed by atoms with Crippen LogP contribution in [-0.4, -0.2) is 35.5 Å². The number of anilines is 1. The maximum absolute atomic E-state index is 6.08. The highest BCUT2D eigenvalue weighted by molar-refractivity contribution is 5.94. The van der Waals surface area contributed by atoms with Gasteiger partial charge in [0.15, 0.2) is 5.96 Å². The normalized spacial score (nSPS) is 11.3. The van der Waals surface area contributed by atoms with Crippen molar-refractivity contribution < 1.29 is 9.47 Å². The topological polar surface area (TPSA) is 86.7 Å². The number of nitrogens with one attached hydrogen (secondary N) is 1. The van der Waals surface area contributed by atoms with E-state index in [9.17, 15) is 0 Å². The summed E-state index contributed by atoms with van der Waals surface area (Å²) in [6, 6.07) is 15.8. The van der Waals surface area contributed by atoms with Gasteiger partial charge < -0.3 is 20.5 Å². The average molecular weight is 393 g/mol. The van der Waals surface area contributed by atoms with Gasteiger partial charge in [-0.2, -0.15) is 5.10 Å². The SMILES string of the molecule is CCOc1ccc(OCC)c(NC(N)=NCCc2ccc(-n3cccn3)cc2)c1. The molecule has 7 nitrogen and oxygen atoms in total. The Bertz CT molecular complexity index is 921. The number of rotatable bonds is 9. The number of benzene rings is 2. The van der Waals surface area contributed by atoms with E-state index in [-0.39, 0.29) is 0 Å². The maximum atomic E-state index is 6.08. The minimum absolute atomic E-state index is 0.341. The molecular weight excluding hydrogens is 366 g/mol. The molecule has 3 aromatic rings. The molecule has 2 aromatic carbocycles. The Morgan fingerprint density at radius 2 is 1.90 bits per heavy atom. The first-order valence-electron chi connectivity index (χ1n) is 9.75. The van der Waals surface area contributed by atoms with Gasteiger partial charge in [-0.3, -0.25) is 4.99 Å². The van der Waals surface area contributed by atoms with Crippen molar-refractivity contribution >= 4 is 11.6 Å². The third-order valence-corrected chi connectivity index (χ3v) is 4.21. The zero-order valence-electron chi connectivity index (χ0n) is 16.8. The molecule has 0 atom stereocenters. The van der Waals surface area contributed by atoms with E-state index in [1.807, 2.05) is 61.1 Å². The first-order chi connectivity index (χ1) is 14.2. The molecule has 1 aromatic heterocycles. The second-order valence-electron chi connectivity index (χ2n) is 6.28. The van der Waals surface area contributed by atoms with Gasteiger partial charge in [-0.1, -0.05) is 12.1 Å². The van der Waals surface area contributed by atoms with Crippen molar-refractivity contribution in [3.05, 3.63) is 66.5 Å². The largest absolute Gasteiger partial charge is 0.494 e. The molecule has 3 N–H and O–H groups in total. The number of hydrogen-bond acceptors (Lipinski definition) is 4. The minimum atomic E-state index is 0.341. The van der Waals surface area contributed by atoms with Crippen molar-refractivity contribution in [1.29, 1.82) is 0 Å². The first kappa shape index (κ1) is 20.3. The van der Waals surface area contributed by atoms with Gasteiger partial charge in [0.25, 0.3) is 0 Å². The predicted octanol–water partition coefficient (Wildman–Crippen LogP) is 3.64. The Kier molecular flexibility index (Phi) is 7.10. The van der Waals surface area contributed by atoms with Crippen LogP contribution in [0.2, 0.25) is 0 Å². The lowest BCUT2D eigenvalue weighted by molar-refractivity contribution is 0.332. The fourth-order valence-electron chi connectivity index (χ4n) is 2.86. The second kappa shape index (κ2) is 10.2. The lowest BCUT2D eigenvalue weighted by Crippen LogP contribution is -2.23. The fourth-order valence-corrected chi connectivity index (χ4v) is 2.86. The summed E-state index contributed by atoms with van der Waals surface area (Å²) in [4.78, 5) is 4.43. The van der Waals surface area contributed by atoms with E-state index in [0.717, 1.165) is 23.5 Å². The van der Waals surface area contributed by atoms with Crippen molar-refractivity contribution in [2.24, 2.45) is 10.7 Å². The van der Waals surface area contributed by atoms with Gasteiger partial charge in [0.05, 0.1) is 24.6 Å². The Labute approximate surface area is 171 Å². The van der Waals surface area contributed by atoms with Crippen LogP contribution in [-0.2, 0) is 6.42 Å². The first-order valence-corrected chi connectivity index (χ1v) is 9.75. The third-order valence-electron chi connectivity index (χ3n) is 4.21. The molecule has 0 aliphatic heterocycles. The molecule has 0 saturated heterocycles. The smallest absolute Gasteiger partial charge is 0.193 e. The molecular formula is C22H27N5O2. The van der Waals surface area contributed by atoms with Crippen LogP contribution < -0.4 is 20.5 Å². The third kappa shape index (κ3) is 5.75. The molecule has 29 heavy (non-hydrogen) atoms. The van der Waals surface area contributed by atoms with E-state index in [0.29, 0.717) is 31.5 Å². The number of ether oxygens (including phenoxy) is 2. The van der Waals surface area contributed by atoms with Crippen molar-refractivity contribution in [3.63, 3.8) is 0 Å². The predicted molar refractivity (Wildman–Crippen MR) is 116 cm³/mol. The Morgan fingerprint density at radius 1 is 1.10 bits per heavy atom. The van der Waals surface area contributed by atoms with Gasteiger partial charge in [0.2, 0.25) is 0 Å². The Morgan fingerprint density at radius 3 is 2.59 bits per heavy atom. The number of aliphatic imine (C=N–C) groups is 1. The van der Waals surface area contributed by atoms with E-state index in [1.54, 1.807) is 6.20 Å². The van der Waals surface area contributed by atoms with Crippen molar-refractivity contribution in [2.75, 3.05) is 25.1 Å². The summed E-state index contributed by atoms with van der Waals surface area (Å²) >= 11 is 0. The van der Waals surface area contributed by atoms with Crippen LogP contribution in [0.25, 0.3) is 5.69 Å². The fraction of sp³-hybridized carbons (Fsp3) is 0.273. The van der Waals surface area contributed by atoms with E-state index >= 15 is 0 Å². The summed E-state index contributed by atoms with van der Waals surface area (Å²) in [5.74, 6) is 1.81. The van der Waals surface area contributed by atoms with Crippen molar-refractivity contribution in [3.8, 4) is 17.2 Å². The summed E-state index contributed by atoms with van der Waals surface area (Å²) in [5.41, 5.74) is 9.03. The lowest BCUT2D eigenvalue weighted by Gasteiger charge is -2.14. The lowest BCUT2D eigenvalue weighted by atomic mass is 10.1. The van der Waals surface area contributed by atoms with E-state index in [2.05, 4.69) is 27.5 Å². The molecule has 0 amide bonds. The van der Waals surface area contributed by atoms with Crippen LogP contribution >= 0.6 is 0 Å². The van der Waals surface area contributed by atoms with Gasteiger partial charge in [0.1, 0.15) is 11.5 Å². The molecule has 0 bridgehead atoms. The van der Waals surface area contributed by atoms with Gasteiger partial charge in [-0.25, -0.2) is 4.68 Å². The second-order valence-corrected chi connectivity index (χ2v) is 6.28. The van der Waals surface area contributed by atoms with Gasteiger partial charge >= 0.3 is 0 Å². The van der Waals surface area contributed by atoms with Crippen LogP contribution in [0.1, 0.15) is 19.4 Å². The zero-order chi connectivity index (χ0) is 20.5. The average Bonchev–Trinajstić information content (AvgIpc) is 3.26. The van der Waals surface area contributed by atoms with E-state index < -0.39 is 0 Å². The van der Waals surface area contributed by atoms with Crippen molar-refractivity contribution in [1.82, 2.24) is 9.78 Å². The van der Waals surface area contributed by atoms with Crippen LogP contribution in [0.15, 0.2) is 65.9 Å². The number of aromatic nitrogens is 2. The van der Waals surface area contributed by atoms with E-state index in [1.165, 1.54) is 5.56 Å². The number of hydrogen-bond donors (Lipinski definition) is 2.